The number of fused-ring (bicyclic) bond motifs is 2. The number of unbranched alkanes of at least 4 members (excludes halogenated alkanes) is 6. The van der Waals surface area contributed by atoms with Crippen LogP contribution >= 0.6 is 0 Å². The molecule has 2 heteroatoms. The SMILES string of the molecule is CCCCCCCCC(COC(=O)CCCC)CC12C=CC(C=C1)C2. The van der Waals surface area contributed by atoms with Crippen molar-refractivity contribution in [2.45, 2.75) is 90.9 Å². The quantitative estimate of drug-likeness (QED) is 0.201. The lowest BCUT2D eigenvalue weighted by atomic mass is 9.79. The summed E-state index contributed by atoms with van der Waals surface area (Å²) in [6.45, 7) is 4.99. The Balaban J connectivity index is 1.75. The Labute approximate surface area is 155 Å². The predicted molar refractivity (Wildman–Crippen MR) is 105 cm³/mol. The van der Waals surface area contributed by atoms with Crippen LogP contribution in [0.3, 0.4) is 0 Å². The summed E-state index contributed by atoms with van der Waals surface area (Å²) in [6.07, 6.45) is 23.7. The fourth-order valence-electron chi connectivity index (χ4n) is 4.28. The average Bonchev–Trinajstić information content (AvgIpc) is 3.21. The molecule has 2 aliphatic rings. The van der Waals surface area contributed by atoms with Crippen molar-refractivity contribution in [1.82, 2.24) is 0 Å². The molecule has 0 aromatic rings. The molecule has 0 saturated carbocycles. The molecule has 2 aliphatic carbocycles. The summed E-state index contributed by atoms with van der Waals surface area (Å²) in [4.78, 5) is 11.9. The number of hydrogen-bond donors (Lipinski definition) is 0. The Bertz CT molecular complexity index is 435. The van der Waals surface area contributed by atoms with Crippen LogP contribution in [0.4, 0.5) is 0 Å². The van der Waals surface area contributed by atoms with Crippen LogP contribution in [0.2, 0.25) is 0 Å². The summed E-state index contributed by atoms with van der Waals surface area (Å²) in [5.74, 6) is 1.15. The van der Waals surface area contributed by atoms with Gasteiger partial charge in [-0.2, -0.15) is 0 Å². The molecule has 0 aromatic carbocycles. The first-order valence-electron chi connectivity index (χ1n) is 10.7. The maximum atomic E-state index is 11.9. The second-order valence-electron chi connectivity index (χ2n) is 8.23. The molecule has 1 atom stereocenters. The topological polar surface area (TPSA) is 26.3 Å². The highest BCUT2D eigenvalue weighted by Crippen LogP contribution is 2.48. The van der Waals surface area contributed by atoms with E-state index in [1.807, 2.05) is 0 Å². The van der Waals surface area contributed by atoms with E-state index in [-0.39, 0.29) is 11.4 Å². The van der Waals surface area contributed by atoms with Gasteiger partial charge in [-0.3, -0.25) is 4.79 Å². The molecule has 25 heavy (non-hydrogen) atoms. The summed E-state index contributed by atoms with van der Waals surface area (Å²) in [6, 6.07) is 0. The first kappa shape index (κ1) is 20.3. The predicted octanol–water partition coefficient (Wildman–Crippen LogP) is 6.61. The Kier molecular flexibility index (Phi) is 8.78. The maximum Gasteiger partial charge on any atom is 0.305 e. The lowest BCUT2D eigenvalue weighted by Gasteiger charge is -2.27. The van der Waals surface area contributed by atoms with Crippen LogP contribution < -0.4 is 0 Å². The number of allylic oxidation sites excluding steroid dienone is 4. The van der Waals surface area contributed by atoms with Gasteiger partial charge in [0.1, 0.15) is 0 Å². The Morgan fingerprint density at radius 1 is 1.04 bits per heavy atom. The van der Waals surface area contributed by atoms with E-state index in [1.165, 1.54) is 51.4 Å². The molecule has 0 aromatic heterocycles. The first-order chi connectivity index (χ1) is 12.2. The lowest BCUT2D eigenvalue weighted by molar-refractivity contribution is -0.145. The maximum absolute atomic E-state index is 11.9. The highest BCUT2D eigenvalue weighted by Gasteiger charge is 2.37. The number of hydrogen-bond acceptors (Lipinski definition) is 2. The van der Waals surface area contributed by atoms with Crippen molar-refractivity contribution in [3.63, 3.8) is 0 Å². The van der Waals surface area contributed by atoms with Gasteiger partial charge in [-0.15, -0.1) is 0 Å². The second kappa shape index (κ2) is 10.8. The lowest BCUT2D eigenvalue weighted by Crippen LogP contribution is -2.22. The minimum absolute atomic E-state index is 0.00546. The number of esters is 1. The summed E-state index contributed by atoms with van der Waals surface area (Å²) in [5.41, 5.74) is 0.257. The number of ether oxygens (including phenoxy) is 1. The molecule has 1 unspecified atom stereocenters. The molecular formula is C23H38O2. The summed E-state index contributed by atoms with van der Waals surface area (Å²) < 4.78 is 5.63. The summed E-state index contributed by atoms with van der Waals surface area (Å²) in [7, 11) is 0. The monoisotopic (exact) mass is 346 g/mol. The molecule has 0 radical (unpaired) electrons. The molecule has 0 saturated heterocycles. The third-order valence-corrected chi connectivity index (χ3v) is 5.82. The van der Waals surface area contributed by atoms with Crippen LogP contribution in [0.1, 0.15) is 90.9 Å². The van der Waals surface area contributed by atoms with E-state index < -0.39 is 0 Å². The van der Waals surface area contributed by atoms with E-state index in [1.54, 1.807) is 0 Å². The third kappa shape index (κ3) is 6.99. The molecule has 0 aliphatic heterocycles. The largest absolute Gasteiger partial charge is 0.465 e. The molecule has 142 valence electrons. The fraction of sp³-hybridized carbons (Fsp3) is 0.783. The normalized spacial score (nSPS) is 24.8. The van der Waals surface area contributed by atoms with Gasteiger partial charge in [-0.1, -0.05) is 83.1 Å². The molecule has 0 N–H and O–H groups in total. The summed E-state index contributed by atoms with van der Waals surface area (Å²) >= 11 is 0. The molecule has 0 spiro atoms. The molecule has 0 fully saturated rings. The van der Waals surface area contributed by atoms with Gasteiger partial charge in [0.15, 0.2) is 0 Å². The van der Waals surface area contributed by atoms with Crippen LogP contribution in [0.5, 0.6) is 0 Å². The van der Waals surface area contributed by atoms with Gasteiger partial charge in [0.25, 0.3) is 0 Å². The zero-order chi connectivity index (χ0) is 18.0. The Morgan fingerprint density at radius 2 is 1.72 bits per heavy atom. The Hall–Kier alpha value is -1.05. The van der Waals surface area contributed by atoms with Crippen LogP contribution in [0.25, 0.3) is 0 Å². The van der Waals surface area contributed by atoms with E-state index in [4.69, 9.17) is 4.74 Å². The molecule has 0 heterocycles. The van der Waals surface area contributed by atoms with E-state index in [2.05, 4.69) is 38.2 Å². The zero-order valence-electron chi connectivity index (χ0n) is 16.5. The van der Waals surface area contributed by atoms with Crippen LogP contribution in [-0.2, 0) is 9.53 Å². The highest BCUT2D eigenvalue weighted by molar-refractivity contribution is 5.69. The van der Waals surface area contributed by atoms with Gasteiger partial charge in [0, 0.05) is 11.8 Å². The number of rotatable bonds is 14. The molecule has 2 rings (SSSR count). The van der Waals surface area contributed by atoms with Crippen LogP contribution in [0, 0.1) is 17.3 Å². The van der Waals surface area contributed by atoms with Crippen LogP contribution in [-0.4, -0.2) is 12.6 Å². The van der Waals surface area contributed by atoms with Gasteiger partial charge >= 0.3 is 5.97 Å². The van der Waals surface area contributed by atoms with Crippen molar-refractivity contribution < 1.29 is 9.53 Å². The average molecular weight is 347 g/mol. The van der Waals surface area contributed by atoms with Crippen molar-refractivity contribution in [1.29, 1.82) is 0 Å². The van der Waals surface area contributed by atoms with Crippen molar-refractivity contribution in [3.05, 3.63) is 24.3 Å². The minimum Gasteiger partial charge on any atom is -0.465 e. The van der Waals surface area contributed by atoms with Gasteiger partial charge in [-0.25, -0.2) is 0 Å². The van der Waals surface area contributed by atoms with Crippen molar-refractivity contribution in [2.75, 3.05) is 6.61 Å². The molecular weight excluding hydrogens is 308 g/mol. The highest BCUT2D eigenvalue weighted by atomic mass is 16.5. The Morgan fingerprint density at radius 3 is 2.36 bits per heavy atom. The van der Waals surface area contributed by atoms with Crippen molar-refractivity contribution in [3.8, 4) is 0 Å². The van der Waals surface area contributed by atoms with Crippen molar-refractivity contribution in [2.24, 2.45) is 17.3 Å². The minimum atomic E-state index is -0.00546. The standard InChI is InChI=1S/C23H38O2/c1-3-5-7-8-9-10-11-21(19-25-22(24)12-6-4-2)18-23-15-13-20(17-23)14-16-23/h13-16,20-21H,3-12,17-19H2,1-2H3. The molecule has 0 amide bonds. The van der Waals surface area contributed by atoms with Crippen molar-refractivity contribution >= 4 is 5.97 Å². The van der Waals surface area contributed by atoms with E-state index >= 15 is 0 Å². The van der Waals surface area contributed by atoms with E-state index in [9.17, 15) is 4.79 Å². The third-order valence-electron chi connectivity index (χ3n) is 5.82. The summed E-state index contributed by atoms with van der Waals surface area (Å²) in [5, 5.41) is 0. The first-order valence-corrected chi connectivity index (χ1v) is 10.7. The molecule has 2 nitrogen and oxygen atoms in total. The van der Waals surface area contributed by atoms with Gasteiger partial charge < -0.3 is 4.74 Å². The second-order valence-corrected chi connectivity index (χ2v) is 8.23. The zero-order valence-corrected chi connectivity index (χ0v) is 16.5. The van der Waals surface area contributed by atoms with E-state index in [0.29, 0.717) is 24.9 Å². The number of carbonyl (C=O) groups excluding carboxylic acids is 1. The number of carbonyl (C=O) groups is 1. The van der Waals surface area contributed by atoms with Gasteiger partial charge in [0.05, 0.1) is 6.61 Å². The fourth-order valence-corrected chi connectivity index (χ4v) is 4.28. The molecule has 2 bridgehead atoms. The van der Waals surface area contributed by atoms with Gasteiger partial charge in [0.2, 0.25) is 0 Å². The van der Waals surface area contributed by atoms with E-state index in [0.717, 1.165) is 19.3 Å². The smallest absolute Gasteiger partial charge is 0.305 e. The van der Waals surface area contributed by atoms with Gasteiger partial charge in [-0.05, 0) is 37.5 Å². The van der Waals surface area contributed by atoms with Crippen LogP contribution in [0.15, 0.2) is 24.3 Å².